The van der Waals surface area contributed by atoms with Crippen molar-refractivity contribution in [1.82, 2.24) is 15.2 Å². The summed E-state index contributed by atoms with van der Waals surface area (Å²) in [5.41, 5.74) is 0.874. The summed E-state index contributed by atoms with van der Waals surface area (Å²) in [6, 6.07) is 6.53. The SMILES string of the molecule is CNCCC1CCN(C(=O)c2csc(-c3ccccc3F)n2)CC1. The molecule has 1 aliphatic heterocycles. The third kappa shape index (κ3) is 3.82. The number of aromatic nitrogens is 1. The monoisotopic (exact) mass is 347 g/mol. The molecule has 3 rings (SSSR count). The van der Waals surface area contributed by atoms with Crippen LogP contribution in [-0.4, -0.2) is 42.5 Å². The van der Waals surface area contributed by atoms with Crippen molar-refractivity contribution >= 4 is 17.2 Å². The van der Waals surface area contributed by atoms with Crippen LogP contribution in [0.2, 0.25) is 0 Å². The second-order valence-corrected chi connectivity index (χ2v) is 7.00. The van der Waals surface area contributed by atoms with Crippen molar-refractivity contribution in [3.05, 3.63) is 41.2 Å². The summed E-state index contributed by atoms with van der Waals surface area (Å²) in [6.07, 6.45) is 3.24. The quantitative estimate of drug-likeness (QED) is 0.901. The van der Waals surface area contributed by atoms with Gasteiger partial charge in [-0.05, 0) is 50.9 Å². The van der Waals surface area contributed by atoms with Gasteiger partial charge in [-0.2, -0.15) is 0 Å². The molecule has 0 saturated carbocycles. The molecule has 2 heterocycles. The van der Waals surface area contributed by atoms with Gasteiger partial charge in [-0.15, -0.1) is 11.3 Å². The minimum absolute atomic E-state index is 0.0408. The summed E-state index contributed by atoms with van der Waals surface area (Å²) in [5.74, 6) is 0.336. The number of carbonyl (C=O) groups is 1. The Kier molecular flexibility index (Phi) is 5.58. The number of rotatable bonds is 5. The Morgan fingerprint density at radius 3 is 2.83 bits per heavy atom. The second-order valence-electron chi connectivity index (χ2n) is 6.15. The average molecular weight is 347 g/mol. The number of nitrogens with zero attached hydrogens (tertiary/aromatic N) is 2. The Labute approximate surface area is 145 Å². The zero-order valence-electron chi connectivity index (χ0n) is 13.8. The maximum absolute atomic E-state index is 13.9. The fourth-order valence-electron chi connectivity index (χ4n) is 3.07. The number of hydrogen-bond donors (Lipinski definition) is 1. The maximum atomic E-state index is 13.9. The van der Waals surface area contributed by atoms with Crippen LogP contribution in [0.1, 0.15) is 29.8 Å². The molecule has 0 atom stereocenters. The van der Waals surface area contributed by atoms with Gasteiger partial charge < -0.3 is 10.2 Å². The predicted octanol–water partition coefficient (Wildman–Crippen LogP) is 3.41. The first kappa shape index (κ1) is 17.0. The molecule has 1 N–H and O–H groups in total. The van der Waals surface area contributed by atoms with Gasteiger partial charge in [0.15, 0.2) is 0 Å². The number of halogens is 1. The van der Waals surface area contributed by atoms with E-state index in [0.717, 1.165) is 38.9 Å². The van der Waals surface area contributed by atoms with Crippen LogP contribution in [0.15, 0.2) is 29.6 Å². The van der Waals surface area contributed by atoms with E-state index >= 15 is 0 Å². The predicted molar refractivity (Wildman–Crippen MR) is 94.7 cm³/mol. The number of carbonyl (C=O) groups excluding carboxylic acids is 1. The highest BCUT2D eigenvalue weighted by molar-refractivity contribution is 7.13. The number of hydrogen-bond acceptors (Lipinski definition) is 4. The van der Waals surface area contributed by atoms with Crippen molar-refractivity contribution in [3.63, 3.8) is 0 Å². The highest BCUT2D eigenvalue weighted by Crippen LogP contribution is 2.27. The Morgan fingerprint density at radius 1 is 1.38 bits per heavy atom. The molecule has 1 aromatic carbocycles. The Bertz CT molecular complexity index is 695. The molecule has 4 nitrogen and oxygen atoms in total. The number of piperidine rings is 1. The number of thiazole rings is 1. The number of nitrogens with one attached hydrogen (secondary N) is 1. The standard InChI is InChI=1S/C18H22FN3OS/c1-20-9-6-13-7-10-22(11-8-13)18(23)16-12-24-17(21-16)14-4-2-3-5-15(14)19/h2-5,12-13,20H,6-11H2,1H3. The first-order valence-electron chi connectivity index (χ1n) is 8.33. The van der Waals surface area contributed by atoms with Crippen LogP contribution >= 0.6 is 11.3 Å². The van der Waals surface area contributed by atoms with E-state index in [1.165, 1.54) is 17.4 Å². The van der Waals surface area contributed by atoms with Crippen molar-refractivity contribution in [3.8, 4) is 10.6 Å². The van der Waals surface area contributed by atoms with Crippen molar-refractivity contribution in [2.45, 2.75) is 19.3 Å². The lowest BCUT2D eigenvalue weighted by Crippen LogP contribution is -2.39. The van der Waals surface area contributed by atoms with Gasteiger partial charge >= 0.3 is 0 Å². The fourth-order valence-corrected chi connectivity index (χ4v) is 3.89. The lowest BCUT2D eigenvalue weighted by molar-refractivity contribution is 0.0682. The maximum Gasteiger partial charge on any atom is 0.273 e. The van der Waals surface area contributed by atoms with Crippen molar-refractivity contribution < 1.29 is 9.18 Å². The topological polar surface area (TPSA) is 45.2 Å². The van der Waals surface area contributed by atoms with Crippen LogP contribution in [0.4, 0.5) is 4.39 Å². The number of likely N-dealkylation sites (tertiary alicyclic amines) is 1. The molecule has 24 heavy (non-hydrogen) atoms. The van der Waals surface area contributed by atoms with E-state index in [0.29, 0.717) is 22.2 Å². The van der Waals surface area contributed by atoms with Crippen LogP contribution in [0.3, 0.4) is 0 Å². The van der Waals surface area contributed by atoms with Crippen LogP contribution in [-0.2, 0) is 0 Å². The molecule has 0 bridgehead atoms. The third-order valence-electron chi connectivity index (χ3n) is 4.53. The Balaban J connectivity index is 1.64. The normalized spacial score (nSPS) is 15.7. The Hall–Kier alpha value is -1.79. The van der Waals surface area contributed by atoms with Gasteiger partial charge in [-0.1, -0.05) is 12.1 Å². The van der Waals surface area contributed by atoms with Gasteiger partial charge in [0.05, 0.1) is 0 Å². The lowest BCUT2D eigenvalue weighted by atomic mass is 9.93. The molecule has 1 fully saturated rings. The van der Waals surface area contributed by atoms with E-state index in [1.807, 2.05) is 11.9 Å². The minimum Gasteiger partial charge on any atom is -0.337 e. The first-order valence-corrected chi connectivity index (χ1v) is 9.21. The van der Waals surface area contributed by atoms with E-state index in [-0.39, 0.29) is 11.7 Å². The summed E-state index contributed by atoms with van der Waals surface area (Å²) in [7, 11) is 1.97. The molecular formula is C18H22FN3OS. The lowest BCUT2D eigenvalue weighted by Gasteiger charge is -2.31. The summed E-state index contributed by atoms with van der Waals surface area (Å²) in [4.78, 5) is 18.8. The van der Waals surface area contributed by atoms with Gasteiger partial charge in [-0.25, -0.2) is 9.37 Å². The van der Waals surface area contributed by atoms with E-state index in [1.54, 1.807) is 23.6 Å². The zero-order chi connectivity index (χ0) is 16.9. The van der Waals surface area contributed by atoms with Crippen molar-refractivity contribution in [2.24, 2.45) is 5.92 Å². The molecule has 0 aliphatic carbocycles. The molecule has 1 aliphatic rings. The largest absolute Gasteiger partial charge is 0.337 e. The van der Waals surface area contributed by atoms with E-state index in [9.17, 15) is 9.18 Å². The van der Waals surface area contributed by atoms with Crippen LogP contribution in [0.25, 0.3) is 10.6 Å². The van der Waals surface area contributed by atoms with Crippen molar-refractivity contribution in [1.29, 1.82) is 0 Å². The van der Waals surface area contributed by atoms with Crippen LogP contribution in [0, 0.1) is 11.7 Å². The summed E-state index contributed by atoms with van der Waals surface area (Å²) < 4.78 is 13.9. The third-order valence-corrected chi connectivity index (χ3v) is 5.41. The van der Waals surface area contributed by atoms with E-state index in [4.69, 9.17) is 0 Å². The van der Waals surface area contributed by atoms with Crippen LogP contribution in [0.5, 0.6) is 0 Å². The number of amides is 1. The molecule has 6 heteroatoms. The second kappa shape index (κ2) is 7.85. The Morgan fingerprint density at radius 2 is 2.12 bits per heavy atom. The molecule has 2 aromatic rings. The van der Waals surface area contributed by atoms with Crippen LogP contribution < -0.4 is 5.32 Å². The summed E-state index contributed by atoms with van der Waals surface area (Å²) in [5, 5.41) is 5.47. The molecule has 1 amide bonds. The first-order chi connectivity index (χ1) is 11.7. The van der Waals surface area contributed by atoms with Gasteiger partial charge in [0.1, 0.15) is 16.5 Å². The fraction of sp³-hybridized carbons (Fsp3) is 0.444. The van der Waals surface area contributed by atoms with Gasteiger partial charge in [0, 0.05) is 24.0 Å². The molecule has 1 aromatic heterocycles. The van der Waals surface area contributed by atoms with Crippen molar-refractivity contribution in [2.75, 3.05) is 26.7 Å². The molecular weight excluding hydrogens is 325 g/mol. The van der Waals surface area contributed by atoms with Gasteiger partial charge in [-0.3, -0.25) is 4.79 Å². The van der Waals surface area contributed by atoms with E-state index < -0.39 is 0 Å². The summed E-state index contributed by atoms with van der Waals surface area (Å²) >= 11 is 1.31. The molecule has 128 valence electrons. The average Bonchev–Trinajstić information content (AvgIpc) is 3.10. The minimum atomic E-state index is -0.309. The van der Waals surface area contributed by atoms with Gasteiger partial charge in [0.25, 0.3) is 5.91 Å². The zero-order valence-corrected chi connectivity index (χ0v) is 14.6. The molecule has 0 radical (unpaired) electrons. The molecule has 0 spiro atoms. The van der Waals surface area contributed by atoms with Gasteiger partial charge in [0.2, 0.25) is 0 Å². The van der Waals surface area contributed by atoms with E-state index in [2.05, 4.69) is 10.3 Å². The highest BCUT2D eigenvalue weighted by atomic mass is 32.1. The smallest absolute Gasteiger partial charge is 0.273 e. The molecule has 0 unspecified atom stereocenters. The highest BCUT2D eigenvalue weighted by Gasteiger charge is 2.25. The summed E-state index contributed by atoms with van der Waals surface area (Å²) in [6.45, 7) is 2.58. The molecule has 1 saturated heterocycles. The number of benzene rings is 1.